The lowest BCUT2D eigenvalue weighted by atomic mass is 9.69. The third-order valence-electron chi connectivity index (χ3n) is 7.47. The van der Waals surface area contributed by atoms with Crippen molar-refractivity contribution in [3.63, 3.8) is 0 Å². The topological polar surface area (TPSA) is 30.7 Å². The molecule has 0 spiro atoms. The van der Waals surface area contributed by atoms with Crippen LogP contribution in [0.1, 0.15) is 99.0 Å². The molecule has 0 aromatic carbocycles. The second-order valence-electron chi connectivity index (χ2n) is 10.2. The van der Waals surface area contributed by atoms with Gasteiger partial charge in [-0.25, -0.2) is 0 Å². The number of unbranched alkanes of at least 4 members (excludes halogenated alkanes) is 2. The van der Waals surface area contributed by atoms with Crippen molar-refractivity contribution < 1.29 is 0 Å². The van der Waals surface area contributed by atoms with Gasteiger partial charge in [0, 0.05) is 41.6 Å². The Morgan fingerprint density at radius 2 is 1.37 bits per heavy atom. The molecule has 0 amide bonds. The van der Waals surface area contributed by atoms with Crippen LogP contribution in [0.25, 0.3) is 21.8 Å². The second-order valence-corrected chi connectivity index (χ2v) is 10.2. The lowest BCUT2D eigenvalue weighted by Gasteiger charge is -2.42. The summed E-state index contributed by atoms with van der Waals surface area (Å²) in [7, 11) is 0. The summed E-state index contributed by atoms with van der Waals surface area (Å²) in [5, 5.41) is 2.45. The van der Waals surface area contributed by atoms with Crippen LogP contribution in [0.5, 0.6) is 0 Å². The predicted octanol–water partition coefficient (Wildman–Crippen LogP) is 8.34. The van der Waals surface area contributed by atoms with Gasteiger partial charge in [-0.2, -0.15) is 0 Å². The van der Waals surface area contributed by atoms with Gasteiger partial charge in [-0.1, -0.05) is 73.6 Å². The molecule has 0 aliphatic heterocycles. The molecule has 3 aromatic rings. The van der Waals surface area contributed by atoms with Crippen molar-refractivity contribution in [1.29, 1.82) is 0 Å². The zero-order valence-corrected chi connectivity index (χ0v) is 20.0. The van der Waals surface area contributed by atoms with Gasteiger partial charge in [-0.15, -0.1) is 0 Å². The van der Waals surface area contributed by atoms with Gasteiger partial charge in [-0.05, 0) is 42.2 Å². The number of hydrogen-bond acceptors (Lipinski definition) is 2. The number of hydrogen-bond donors (Lipinski definition) is 0. The van der Waals surface area contributed by atoms with Crippen molar-refractivity contribution in [3.8, 4) is 0 Å². The molecule has 0 N–H and O–H groups in total. The van der Waals surface area contributed by atoms with E-state index in [9.17, 15) is 0 Å². The van der Waals surface area contributed by atoms with Gasteiger partial charge in [0.2, 0.25) is 0 Å². The van der Waals surface area contributed by atoms with Crippen molar-refractivity contribution in [1.82, 2.24) is 14.5 Å². The van der Waals surface area contributed by atoms with E-state index in [1.54, 1.807) is 0 Å². The first kappa shape index (κ1) is 22.8. The van der Waals surface area contributed by atoms with Crippen LogP contribution >= 0.6 is 0 Å². The minimum absolute atomic E-state index is 0.212. The quantitative estimate of drug-likeness (QED) is 0.320. The minimum Gasteiger partial charge on any atom is -0.337 e. The van der Waals surface area contributed by atoms with E-state index in [4.69, 9.17) is 0 Å². The molecular weight excluding hydrogens is 366 g/mol. The highest BCUT2D eigenvalue weighted by Gasteiger charge is 2.37. The van der Waals surface area contributed by atoms with Gasteiger partial charge in [0.25, 0.3) is 0 Å². The number of pyridine rings is 2. The Bertz CT molecular complexity index is 902. The Kier molecular flexibility index (Phi) is 7.21. The van der Waals surface area contributed by atoms with E-state index in [0.29, 0.717) is 11.5 Å². The van der Waals surface area contributed by atoms with Gasteiger partial charge >= 0.3 is 0 Å². The molecule has 0 fully saturated rings. The minimum atomic E-state index is 0.212. The molecule has 0 aliphatic rings. The molecule has 3 heteroatoms. The van der Waals surface area contributed by atoms with Crippen molar-refractivity contribution in [3.05, 3.63) is 36.9 Å². The average molecular weight is 408 g/mol. The van der Waals surface area contributed by atoms with Crippen molar-refractivity contribution >= 4 is 21.8 Å². The number of aromatic nitrogens is 3. The first-order chi connectivity index (χ1) is 14.4. The van der Waals surface area contributed by atoms with Crippen LogP contribution in [0.3, 0.4) is 0 Å². The van der Waals surface area contributed by atoms with E-state index in [1.165, 1.54) is 73.2 Å². The largest absolute Gasteiger partial charge is 0.337 e. The molecule has 2 atom stereocenters. The van der Waals surface area contributed by atoms with Gasteiger partial charge in [0.1, 0.15) is 0 Å². The Hall–Kier alpha value is -1.90. The molecule has 0 saturated heterocycles. The maximum absolute atomic E-state index is 4.44. The smallest absolute Gasteiger partial charge is 0.0525 e. The lowest BCUT2D eigenvalue weighted by molar-refractivity contribution is 0.118. The summed E-state index contributed by atoms with van der Waals surface area (Å²) >= 11 is 0. The van der Waals surface area contributed by atoms with Gasteiger partial charge in [0.15, 0.2) is 0 Å². The molecule has 30 heavy (non-hydrogen) atoms. The summed E-state index contributed by atoms with van der Waals surface area (Å²) in [4.78, 5) is 8.88. The standard InChI is InChI=1S/C27H41N3/c1-7-10-14-26(4,5)25(18-27(6,9-3)15-11-8-2)30-23-12-16-28-19-21(23)22-20-29-17-13-24(22)30/h12-13,16-17,19-20,25H,7-11,14-15,18H2,1-6H3. The molecular formula is C27H41N3. The predicted molar refractivity (Wildman–Crippen MR) is 130 cm³/mol. The summed E-state index contributed by atoms with van der Waals surface area (Å²) in [6.45, 7) is 14.5. The van der Waals surface area contributed by atoms with Crippen LogP contribution in [0, 0.1) is 10.8 Å². The molecule has 3 aromatic heterocycles. The van der Waals surface area contributed by atoms with E-state index < -0.39 is 0 Å². The molecule has 0 bridgehead atoms. The zero-order valence-electron chi connectivity index (χ0n) is 20.0. The molecule has 3 heterocycles. The van der Waals surface area contributed by atoms with E-state index in [1.807, 2.05) is 24.8 Å². The average Bonchev–Trinajstić information content (AvgIpc) is 3.09. The number of fused-ring (bicyclic) bond motifs is 3. The van der Waals surface area contributed by atoms with Crippen LogP contribution in [-0.4, -0.2) is 14.5 Å². The van der Waals surface area contributed by atoms with E-state index in [0.717, 1.165) is 0 Å². The van der Waals surface area contributed by atoms with Crippen molar-refractivity contribution in [2.75, 3.05) is 0 Å². The summed E-state index contributed by atoms with van der Waals surface area (Å²) in [6.07, 6.45) is 18.0. The van der Waals surface area contributed by atoms with Gasteiger partial charge in [-0.3, -0.25) is 9.97 Å². The fraction of sp³-hybridized carbons (Fsp3) is 0.630. The molecule has 2 unspecified atom stereocenters. The fourth-order valence-corrected chi connectivity index (χ4v) is 5.08. The zero-order chi connectivity index (χ0) is 21.8. The van der Waals surface area contributed by atoms with E-state index in [2.05, 4.69) is 68.2 Å². The van der Waals surface area contributed by atoms with E-state index in [-0.39, 0.29) is 5.41 Å². The summed E-state index contributed by atoms with van der Waals surface area (Å²) in [6, 6.07) is 4.84. The maximum Gasteiger partial charge on any atom is 0.0525 e. The Balaban J connectivity index is 2.19. The third kappa shape index (κ3) is 4.55. The maximum atomic E-state index is 4.44. The SMILES string of the molecule is CCCCC(C)(CC)CC(n1c2ccncc2c2cnccc21)C(C)(C)CCCC. The summed E-state index contributed by atoms with van der Waals surface area (Å²) < 4.78 is 2.64. The molecule has 0 aliphatic carbocycles. The Labute approximate surface area is 183 Å². The van der Waals surface area contributed by atoms with Crippen LogP contribution in [0.4, 0.5) is 0 Å². The van der Waals surface area contributed by atoms with Crippen LogP contribution in [0.2, 0.25) is 0 Å². The number of rotatable bonds is 11. The van der Waals surface area contributed by atoms with Gasteiger partial charge in [0.05, 0.1) is 11.0 Å². The van der Waals surface area contributed by atoms with Gasteiger partial charge < -0.3 is 4.57 Å². The van der Waals surface area contributed by atoms with Crippen molar-refractivity contribution in [2.24, 2.45) is 10.8 Å². The third-order valence-corrected chi connectivity index (χ3v) is 7.47. The van der Waals surface area contributed by atoms with Crippen LogP contribution in [0.15, 0.2) is 36.9 Å². The fourth-order valence-electron chi connectivity index (χ4n) is 5.08. The normalized spacial score (nSPS) is 15.5. The van der Waals surface area contributed by atoms with Crippen molar-refractivity contribution in [2.45, 2.75) is 99.0 Å². The molecule has 164 valence electrons. The highest BCUT2D eigenvalue weighted by Crippen LogP contribution is 2.49. The number of nitrogens with zero attached hydrogens (tertiary/aromatic N) is 3. The highest BCUT2D eigenvalue weighted by molar-refractivity contribution is 6.07. The lowest BCUT2D eigenvalue weighted by Crippen LogP contribution is -2.32. The molecule has 3 nitrogen and oxygen atoms in total. The Morgan fingerprint density at radius 3 is 1.87 bits per heavy atom. The highest BCUT2D eigenvalue weighted by atomic mass is 15.0. The van der Waals surface area contributed by atoms with Crippen LogP contribution in [-0.2, 0) is 0 Å². The summed E-state index contributed by atoms with van der Waals surface area (Å²) in [5.74, 6) is 0. The second kappa shape index (κ2) is 9.49. The molecule has 3 rings (SSSR count). The first-order valence-corrected chi connectivity index (χ1v) is 12.0. The monoisotopic (exact) mass is 407 g/mol. The van der Waals surface area contributed by atoms with Crippen LogP contribution < -0.4 is 0 Å². The van der Waals surface area contributed by atoms with E-state index >= 15 is 0 Å². The molecule has 0 radical (unpaired) electrons. The summed E-state index contributed by atoms with van der Waals surface area (Å²) in [5.41, 5.74) is 3.17. The molecule has 0 saturated carbocycles. The Morgan fingerprint density at radius 1 is 0.833 bits per heavy atom. The first-order valence-electron chi connectivity index (χ1n) is 12.0.